The molecule has 1 amide bonds. The molecule has 0 bridgehead atoms. The SMILES string of the molecule is Cc1[nH]nc(NC(=O)OC(C)(C)C)c1[N+](=O)[O-]. The minimum atomic E-state index is -0.785. The van der Waals surface area contributed by atoms with Crippen molar-refractivity contribution in [1.82, 2.24) is 10.2 Å². The molecule has 0 fully saturated rings. The lowest BCUT2D eigenvalue weighted by molar-refractivity contribution is -0.384. The summed E-state index contributed by atoms with van der Waals surface area (Å²) in [6, 6.07) is 0. The van der Waals surface area contributed by atoms with E-state index in [0.29, 0.717) is 0 Å². The van der Waals surface area contributed by atoms with Crippen LogP contribution in [0.25, 0.3) is 0 Å². The molecular weight excluding hydrogens is 228 g/mol. The van der Waals surface area contributed by atoms with E-state index in [4.69, 9.17) is 4.74 Å². The molecule has 1 aromatic heterocycles. The van der Waals surface area contributed by atoms with Gasteiger partial charge in [0.15, 0.2) is 0 Å². The molecule has 0 radical (unpaired) electrons. The summed E-state index contributed by atoms with van der Waals surface area (Å²) in [5.74, 6) is -0.151. The highest BCUT2D eigenvalue weighted by atomic mass is 16.6. The topological polar surface area (TPSA) is 110 Å². The molecule has 0 saturated heterocycles. The number of nitrogens with zero attached hydrogens (tertiary/aromatic N) is 2. The van der Waals surface area contributed by atoms with Crippen molar-refractivity contribution in [3.63, 3.8) is 0 Å². The summed E-state index contributed by atoms with van der Waals surface area (Å²) in [4.78, 5) is 21.5. The van der Waals surface area contributed by atoms with E-state index in [2.05, 4.69) is 15.5 Å². The van der Waals surface area contributed by atoms with Crippen molar-refractivity contribution >= 4 is 17.6 Å². The normalized spacial score (nSPS) is 11.1. The van der Waals surface area contributed by atoms with Crippen LogP contribution in [0.4, 0.5) is 16.3 Å². The highest BCUT2D eigenvalue weighted by Crippen LogP contribution is 2.25. The van der Waals surface area contributed by atoms with E-state index in [-0.39, 0.29) is 17.2 Å². The molecule has 0 aromatic carbocycles. The second kappa shape index (κ2) is 4.40. The van der Waals surface area contributed by atoms with Gasteiger partial charge in [-0.3, -0.25) is 20.5 Å². The first kappa shape index (κ1) is 12.9. The molecule has 1 rings (SSSR count). The Hall–Kier alpha value is -2.12. The van der Waals surface area contributed by atoms with Crippen LogP contribution < -0.4 is 5.32 Å². The Bertz CT molecular complexity index is 446. The van der Waals surface area contributed by atoms with E-state index < -0.39 is 16.6 Å². The molecule has 2 N–H and O–H groups in total. The number of carbonyl (C=O) groups excluding carboxylic acids is 1. The van der Waals surface area contributed by atoms with Crippen molar-refractivity contribution in [1.29, 1.82) is 0 Å². The number of hydrogen-bond acceptors (Lipinski definition) is 5. The number of amides is 1. The van der Waals surface area contributed by atoms with Gasteiger partial charge in [0.2, 0.25) is 5.82 Å². The highest BCUT2D eigenvalue weighted by molar-refractivity contribution is 5.86. The maximum Gasteiger partial charge on any atom is 0.413 e. The molecule has 0 aliphatic carbocycles. The monoisotopic (exact) mass is 242 g/mol. The molecule has 1 aromatic rings. The number of ether oxygens (including phenoxy) is 1. The van der Waals surface area contributed by atoms with Crippen molar-refractivity contribution in [2.24, 2.45) is 0 Å². The average Bonchev–Trinajstić information content (AvgIpc) is 2.42. The molecule has 8 heteroatoms. The van der Waals surface area contributed by atoms with Crippen LogP contribution in [0.5, 0.6) is 0 Å². The summed E-state index contributed by atoms with van der Waals surface area (Å²) in [5.41, 5.74) is -0.679. The summed E-state index contributed by atoms with van der Waals surface area (Å²) in [6.07, 6.45) is -0.785. The van der Waals surface area contributed by atoms with Crippen molar-refractivity contribution in [3.8, 4) is 0 Å². The number of nitro groups is 1. The van der Waals surface area contributed by atoms with Gasteiger partial charge in [-0.25, -0.2) is 4.79 Å². The van der Waals surface area contributed by atoms with Crippen molar-refractivity contribution < 1.29 is 14.5 Å². The summed E-state index contributed by atoms with van der Waals surface area (Å²) >= 11 is 0. The van der Waals surface area contributed by atoms with Gasteiger partial charge in [-0.2, -0.15) is 0 Å². The second-order valence-corrected chi connectivity index (χ2v) is 4.43. The Balaban J connectivity index is 2.83. The number of aromatic amines is 1. The summed E-state index contributed by atoms with van der Waals surface area (Å²) < 4.78 is 4.96. The van der Waals surface area contributed by atoms with Crippen LogP contribution in [0.2, 0.25) is 0 Å². The molecule has 0 unspecified atom stereocenters. The fraction of sp³-hybridized carbons (Fsp3) is 0.556. The standard InChI is InChI=1S/C9H14N4O4/c1-5-6(13(15)16)7(12-11-5)10-8(14)17-9(2,3)4/h1-4H3,(H2,10,11,12,14). The molecule has 0 spiro atoms. The summed E-state index contributed by atoms with van der Waals surface area (Å²) in [6.45, 7) is 6.57. The van der Waals surface area contributed by atoms with Gasteiger partial charge in [0.05, 0.1) is 4.92 Å². The molecule has 94 valence electrons. The summed E-state index contributed by atoms with van der Waals surface area (Å²) in [7, 11) is 0. The first-order valence-corrected chi connectivity index (χ1v) is 4.90. The molecular formula is C9H14N4O4. The Morgan fingerprint density at radius 2 is 2.12 bits per heavy atom. The molecule has 8 nitrogen and oxygen atoms in total. The average molecular weight is 242 g/mol. The van der Waals surface area contributed by atoms with E-state index >= 15 is 0 Å². The van der Waals surface area contributed by atoms with E-state index in [9.17, 15) is 14.9 Å². The quantitative estimate of drug-likeness (QED) is 0.608. The fourth-order valence-corrected chi connectivity index (χ4v) is 1.13. The lowest BCUT2D eigenvalue weighted by atomic mass is 10.2. The predicted molar refractivity (Wildman–Crippen MR) is 59.8 cm³/mol. The number of H-pyrrole nitrogens is 1. The Kier molecular flexibility index (Phi) is 3.35. The zero-order valence-corrected chi connectivity index (χ0v) is 10.0. The predicted octanol–water partition coefficient (Wildman–Crippen LogP) is 1.97. The minimum absolute atomic E-state index is 0.151. The third-order valence-corrected chi connectivity index (χ3v) is 1.72. The van der Waals surface area contributed by atoms with Gasteiger partial charge in [-0.1, -0.05) is 0 Å². The van der Waals surface area contributed by atoms with Gasteiger partial charge in [-0.05, 0) is 27.7 Å². The maximum atomic E-state index is 11.4. The number of aryl methyl sites for hydroxylation is 1. The van der Waals surface area contributed by atoms with Gasteiger partial charge in [0.1, 0.15) is 11.3 Å². The second-order valence-electron chi connectivity index (χ2n) is 4.43. The summed E-state index contributed by atoms with van der Waals surface area (Å²) in [5, 5.41) is 19.0. The number of hydrogen-bond donors (Lipinski definition) is 2. The van der Waals surface area contributed by atoms with E-state index in [0.717, 1.165) is 0 Å². The molecule has 0 aliphatic rings. The van der Waals surface area contributed by atoms with Crippen LogP contribution in [0, 0.1) is 17.0 Å². The van der Waals surface area contributed by atoms with Crippen LogP contribution in [0.1, 0.15) is 26.5 Å². The van der Waals surface area contributed by atoms with Gasteiger partial charge in [0.25, 0.3) is 0 Å². The van der Waals surface area contributed by atoms with Gasteiger partial charge >= 0.3 is 11.8 Å². The van der Waals surface area contributed by atoms with Crippen LogP contribution >= 0.6 is 0 Å². The lowest BCUT2D eigenvalue weighted by Crippen LogP contribution is -2.27. The lowest BCUT2D eigenvalue weighted by Gasteiger charge is -2.18. The number of nitrogens with one attached hydrogen (secondary N) is 2. The van der Waals surface area contributed by atoms with Gasteiger partial charge < -0.3 is 4.74 Å². The van der Waals surface area contributed by atoms with Crippen molar-refractivity contribution in [2.45, 2.75) is 33.3 Å². The number of rotatable bonds is 2. The van der Waals surface area contributed by atoms with Crippen LogP contribution in [-0.2, 0) is 4.74 Å². The Labute approximate surface area is 97.5 Å². The van der Waals surface area contributed by atoms with E-state index in [1.807, 2.05) is 0 Å². The molecule has 1 heterocycles. The molecule has 0 atom stereocenters. The number of aromatic nitrogens is 2. The molecule has 0 saturated carbocycles. The van der Waals surface area contributed by atoms with Crippen LogP contribution in [0.15, 0.2) is 0 Å². The molecule has 0 aliphatic heterocycles. The third kappa shape index (κ3) is 3.44. The Morgan fingerprint density at radius 3 is 2.59 bits per heavy atom. The first-order chi connectivity index (χ1) is 7.70. The minimum Gasteiger partial charge on any atom is -0.444 e. The van der Waals surface area contributed by atoms with Crippen molar-refractivity contribution in [3.05, 3.63) is 15.8 Å². The smallest absolute Gasteiger partial charge is 0.413 e. The van der Waals surface area contributed by atoms with Gasteiger partial charge in [0, 0.05) is 0 Å². The van der Waals surface area contributed by atoms with Crippen LogP contribution in [0.3, 0.4) is 0 Å². The maximum absolute atomic E-state index is 11.4. The third-order valence-electron chi connectivity index (χ3n) is 1.72. The molecule has 17 heavy (non-hydrogen) atoms. The first-order valence-electron chi connectivity index (χ1n) is 4.90. The zero-order chi connectivity index (χ0) is 13.2. The van der Waals surface area contributed by atoms with E-state index in [1.165, 1.54) is 6.92 Å². The fourth-order valence-electron chi connectivity index (χ4n) is 1.13. The number of anilines is 1. The Morgan fingerprint density at radius 1 is 1.53 bits per heavy atom. The highest BCUT2D eigenvalue weighted by Gasteiger charge is 2.25. The largest absolute Gasteiger partial charge is 0.444 e. The van der Waals surface area contributed by atoms with Gasteiger partial charge in [-0.15, -0.1) is 5.10 Å². The zero-order valence-electron chi connectivity index (χ0n) is 10.0. The van der Waals surface area contributed by atoms with Crippen LogP contribution in [-0.4, -0.2) is 26.8 Å². The number of carbonyl (C=O) groups is 1. The van der Waals surface area contributed by atoms with Crippen molar-refractivity contribution in [2.75, 3.05) is 5.32 Å². The van der Waals surface area contributed by atoms with E-state index in [1.54, 1.807) is 20.8 Å².